The summed E-state index contributed by atoms with van der Waals surface area (Å²) in [6, 6.07) is 11.7. The molecule has 0 atom stereocenters. The largest absolute Gasteiger partial charge is 0.369 e. The van der Waals surface area contributed by atoms with E-state index in [1.807, 2.05) is 49.1 Å². The fourth-order valence-corrected chi connectivity index (χ4v) is 5.92. The first-order chi connectivity index (χ1) is 17.7. The molecule has 2 aromatic heterocycles. The zero-order valence-corrected chi connectivity index (χ0v) is 22.3. The van der Waals surface area contributed by atoms with E-state index in [0.29, 0.717) is 58.7 Å². The second-order valence-corrected chi connectivity index (χ2v) is 11.1. The summed E-state index contributed by atoms with van der Waals surface area (Å²) in [6.45, 7) is 5.36. The third-order valence-electron chi connectivity index (χ3n) is 6.87. The van der Waals surface area contributed by atoms with Crippen LogP contribution in [0, 0.1) is 19.8 Å². The maximum absolute atomic E-state index is 13.7. The van der Waals surface area contributed by atoms with Gasteiger partial charge in [0, 0.05) is 25.2 Å². The number of primary amides is 1. The maximum Gasteiger partial charge on any atom is 0.267 e. The number of thioether (sulfide) groups is 1. The van der Waals surface area contributed by atoms with Crippen molar-refractivity contribution < 1.29 is 9.59 Å². The lowest BCUT2D eigenvalue weighted by Gasteiger charge is -2.32. The van der Waals surface area contributed by atoms with E-state index in [-0.39, 0.29) is 23.3 Å². The first-order valence-corrected chi connectivity index (χ1v) is 13.3. The molecule has 2 N–H and O–H groups in total. The van der Waals surface area contributed by atoms with Crippen molar-refractivity contribution in [3.05, 3.63) is 80.1 Å². The van der Waals surface area contributed by atoms with Crippen LogP contribution in [-0.4, -0.2) is 43.5 Å². The van der Waals surface area contributed by atoms with Gasteiger partial charge in [0.15, 0.2) is 0 Å². The molecule has 2 aliphatic rings. The summed E-state index contributed by atoms with van der Waals surface area (Å²) in [5, 5.41) is 0. The average molecular weight is 534 g/mol. The van der Waals surface area contributed by atoms with Crippen LogP contribution in [0.4, 0.5) is 5.82 Å². The number of fused-ring (bicyclic) bond motifs is 1. The molecule has 0 bridgehead atoms. The Morgan fingerprint density at radius 2 is 1.86 bits per heavy atom. The minimum atomic E-state index is -0.306. The van der Waals surface area contributed by atoms with Gasteiger partial charge in [0.2, 0.25) is 5.91 Å². The zero-order valence-electron chi connectivity index (χ0n) is 20.6. The molecule has 0 saturated carbocycles. The summed E-state index contributed by atoms with van der Waals surface area (Å²) in [5.41, 5.74) is 9.13. The quantitative estimate of drug-likeness (QED) is 0.396. The standard InChI is InChI=1S/C27H27N5O3S2/c1-16-5-7-18(8-6-16)15-32-26(35)21(37-27(32)36)14-20-24(30-12-9-19(10-13-30)22(28)33)29-23-17(2)4-3-11-31(23)25(20)34/h3-8,11,14,19H,9-10,12-13,15H2,1-2H3,(H2,28,33). The number of amides is 2. The number of nitrogens with zero attached hydrogens (tertiary/aromatic N) is 4. The number of piperidine rings is 1. The van der Waals surface area contributed by atoms with Crippen molar-refractivity contribution in [3.8, 4) is 0 Å². The van der Waals surface area contributed by atoms with E-state index in [0.717, 1.165) is 16.7 Å². The molecule has 2 amide bonds. The first-order valence-electron chi connectivity index (χ1n) is 12.1. The number of aromatic nitrogens is 2. The van der Waals surface area contributed by atoms with Crippen LogP contribution >= 0.6 is 24.0 Å². The first kappa shape index (κ1) is 25.2. The Kier molecular flexibility index (Phi) is 6.87. The van der Waals surface area contributed by atoms with Gasteiger partial charge in [0.05, 0.1) is 17.0 Å². The minimum absolute atomic E-state index is 0.194. The van der Waals surface area contributed by atoms with Gasteiger partial charge in [-0.25, -0.2) is 4.98 Å². The third kappa shape index (κ3) is 4.91. The van der Waals surface area contributed by atoms with Gasteiger partial charge in [0.25, 0.3) is 11.5 Å². The Morgan fingerprint density at radius 3 is 2.54 bits per heavy atom. The molecular formula is C27H27N5O3S2. The van der Waals surface area contributed by atoms with Crippen molar-refractivity contribution in [3.63, 3.8) is 0 Å². The summed E-state index contributed by atoms with van der Waals surface area (Å²) < 4.78 is 1.96. The van der Waals surface area contributed by atoms with Crippen LogP contribution in [-0.2, 0) is 16.1 Å². The summed E-state index contributed by atoms with van der Waals surface area (Å²) in [5.74, 6) is -0.228. The second kappa shape index (κ2) is 10.1. The van der Waals surface area contributed by atoms with E-state index < -0.39 is 0 Å². The van der Waals surface area contributed by atoms with Gasteiger partial charge >= 0.3 is 0 Å². The molecule has 0 spiro atoms. The van der Waals surface area contributed by atoms with Crippen LogP contribution in [0.1, 0.15) is 35.1 Å². The van der Waals surface area contributed by atoms with Crippen LogP contribution < -0.4 is 16.2 Å². The van der Waals surface area contributed by atoms with Crippen LogP contribution in [0.15, 0.2) is 52.3 Å². The van der Waals surface area contributed by atoms with Crippen molar-refractivity contribution in [1.29, 1.82) is 0 Å². The minimum Gasteiger partial charge on any atom is -0.369 e. The maximum atomic E-state index is 13.7. The predicted molar refractivity (Wildman–Crippen MR) is 150 cm³/mol. The van der Waals surface area contributed by atoms with Gasteiger partial charge in [-0.05, 0) is 50.0 Å². The number of nitrogens with two attached hydrogens (primary N) is 1. The van der Waals surface area contributed by atoms with Crippen LogP contribution in [0.3, 0.4) is 0 Å². The predicted octanol–water partition coefficient (Wildman–Crippen LogP) is 3.41. The number of aryl methyl sites for hydroxylation is 2. The highest BCUT2D eigenvalue weighted by atomic mass is 32.2. The molecule has 10 heteroatoms. The fourth-order valence-electron chi connectivity index (χ4n) is 4.69. The van der Waals surface area contributed by atoms with Crippen LogP contribution in [0.2, 0.25) is 0 Å². The van der Waals surface area contributed by atoms with Crippen molar-refractivity contribution >= 4 is 57.7 Å². The van der Waals surface area contributed by atoms with Crippen LogP contribution in [0.25, 0.3) is 11.7 Å². The zero-order chi connectivity index (χ0) is 26.3. The van der Waals surface area contributed by atoms with Gasteiger partial charge in [0.1, 0.15) is 15.8 Å². The normalized spacial score (nSPS) is 17.8. The number of pyridine rings is 1. The van der Waals surface area contributed by atoms with Crippen molar-refractivity contribution in [2.75, 3.05) is 18.0 Å². The van der Waals surface area contributed by atoms with E-state index in [2.05, 4.69) is 0 Å². The lowest BCUT2D eigenvalue weighted by Crippen LogP contribution is -2.40. The Hall–Kier alpha value is -3.50. The number of thiocarbonyl (C=S) groups is 1. The Balaban J connectivity index is 1.54. The number of benzene rings is 1. The lowest BCUT2D eigenvalue weighted by molar-refractivity contribution is -0.123. The highest BCUT2D eigenvalue weighted by Crippen LogP contribution is 2.35. The molecule has 0 unspecified atom stereocenters. The number of carbonyl (C=O) groups excluding carboxylic acids is 2. The third-order valence-corrected chi connectivity index (χ3v) is 8.25. The molecule has 190 valence electrons. The molecule has 0 aliphatic carbocycles. The average Bonchev–Trinajstić information content (AvgIpc) is 3.14. The monoisotopic (exact) mass is 533 g/mol. The lowest BCUT2D eigenvalue weighted by atomic mass is 9.96. The summed E-state index contributed by atoms with van der Waals surface area (Å²) in [6.07, 6.45) is 4.47. The smallest absolute Gasteiger partial charge is 0.267 e. The molecule has 3 aromatic rings. The molecule has 37 heavy (non-hydrogen) atoms. The van der Waals surface area contributed by atoms with E-state index in [9.17, 15) is 14.4 Å². The van der Waals surface area contributed by atoms with Gasteiger partial charge in [-0.15, -0.1) is 0 Å². The van der Waals surface area contributed by atoms with Crippen molar-refractivity contribution in [1.82, 2.24) is 14.3 Å². The van der Waals surface area contributed by atoms with Crippen molar-refractivity contribution in [2.45, 2.75) is 33.2 Å². The highest BCUT2D eigenvalue weighted by molar-refractivity contribution is 8.26. The molecule has 4 heterocycles. The number of hydrogen-bond donors (Lipinski definition) is 1. The number of hydrogen-bond acceptors (Lipinski definition) is 7. The van der Waals surface area contributed by atoms with Gasteiger partial charge in [-0.2, -0.15) is 0 Å². The molecule has 5 rings (SSSR count). The Labute approximate surface area is 224 Å². The molecule has 2 fully saturated rings. The number of rotatable bonds is 5. The topological polar surface area (TPSA) is 101 Å². The van der Waals surface area contributed by atoms with E-state index >= 15 is 0 Å². The summed E-state index contributed by atoms with van der Waals surface area (Å²) >= 11 is 6.72. The molecule has 2 saturated heterocycles. The molecule has 0 radical (unpaired) electrons. The Bertz CT molecular complexity index is 1500. The number of anilines is 1. The highest BCUT2D eigenvalue weighted by Gasteiger charge is 2.33. The molecule has 1 aromatic carbocycles. The SMILES string of the molecule is Cc1ccc(CN2C(=O)C(=Cc3c(N4CCC(C(N)=O)CC4)nc4c(C)cccn4c3=O)SC2=S)cc1. The fraction of sp³-hybridized carbons (Fsp3) is 0.296. The Morgan fingerprint density at radius 1 is 1.16 bits per heavy atom. The summed E-state index contributed by atoms with van der Waals surface area (Å²) in [4.78, 5) is 47.6. The van der Waals surface area contributed by atoms with Crippen molar-refractivity contribution in [2.24, 2.45) is 11.7 Å². The van der Waals surface area contributed by atoms with Crippen LogP contribution in [0.5, 0.6) is 0 Å². The summed E-state index contributed by atoms with van der Waals surface area (Å²) in [7, 11) is 0. The molecule has 2 aliphatic heterocycles. The molecular weight excluding hydrogens is 506 g/mol. The van der Waals surface area contributed by atoms with Gasteiger partial charge in [-0.1, -0.05) is 59.9 Å². The van der Waals surface area contributed by atoms with Gasteiger partial charge in [-0.3, -0.25) is 23.7 Å². The van der Waals surface area contributed by atoms with E-state index in [1.54, 1.807) is 23.2 Å². The van der Waals surface area contributed by atoms with E-state index in [4.69, 9.17) is 22.9 Å². The molecule has 8 nitrogen and oxygen atoms in total. The number of carbonyl (C=O) groups is 2. The van der Waals surface area contributed by atoms with Gasteiger partial charge < -0.3 is 10.6 Å². The van der Waals surface area contributed by atoms with E-state index in [1.165, 1.54) is 16.2 Å². The second-order valence-electron chi connectivity index (χ2n) is 9.46.